The summed E-state index contributed by atoms with van der Waals surface area (Å²) in [7, 11) is 0. The second-order valence-electron chi connectivity index (χ2n) is 1.02. The smallest absolute Gasteiger partial charge is 0.0607 e. The quantitative estimate of drug-likeness (QED) is 0.690. The van der Waals surface area contributed by atoms with Crippen LogP contribution in [0.2, 0.25) is 0 Å². The van der Waals surface area contributed by atoms with E-state index in [2.05, 4.69) is 54.7 Å². The molecule has 0 aromatic heterocycles. The maximum absolute atomic E-state index is 3.33. The normalized spacial score (nSPS) is 8.57. The average Bonchev–Trinajstić information content (AvgIpc) is 1.65. The van der Waals surface area contributed by atoms with Gasteiger partial charge in [0.05, 0.1) is 3.39 Å². The van der Waals surface area contributed by atoms with Crippen molar-refractivity contribution >= 4 is 47.8 Å². The molecule has 0 aliphatic rings. The van der Waals surface area contributed by atoms with E-state index in [0.29, 0.717) is 0 Å². The molecule has 0 spiro atoms. The fraction of sp³-hybridized carbons (Fsp3) is 0.500. The molecule has 0 N–H and O–H groups in total. The van der Waals surface area contributed by atoms with Crippen molar-refractivity contribution in [3.63, 3.8) is 0 Å². The van der Waals surface area contributed by atoms with Crippen molar-refractivity contribution in [1.29, 1.82) is 0 Å². The molecular weight excluding hydrogens is 288 g/mol. The third-order valence-corrected chi connectivity index (χ3v) is 3.49. The van der Waals surface area contributed by atoms with Gasteiger partial charge in [0.15, 0.2) is 0 Å². The van der Waals surface area contributed by atoms with Gasteiger partial charge in [0.25, 0.3) is 0 Å². The van der Waals surface area contributed by atoms with Crippen LogP contribution in [0.25, 0.3) is 0 Å². The monoisotopic (exact) mass is 290 g/mol. The van der Waals surface area contributed by atoms with E-state index in [1.54, 1.807) is 0 Å². The Hall–Kier alpha value is 1.18. The number of hydrogen-bond acceptors (Lipinski definition) is 0. The summed E-state index contributed by atoms with van der Waals surface area (Å²) in [5.74, 6) is 0. The number of hydrogen-bond donors (Lipinski definition) is 0. The first-order valence-electron chi connectivity index (χ1n) is 1.88. The van der Waals surface area contributed by atoms with Gasteiger partial charge in [0, 0.05) is 4.48 Å². The minimum atomic E-state index is 1.00. The van der Waals surface area contributed by atoms with Gasteiger partial charge in [-0.1, -0.05) is 22.9 Å². The summed E-state index contributed by atoms with van der Waals surface area (Å²) < 4.78 is 2.16. The van der Waals surface area contributed by atoms with Gasteiger partial charge in [-0.15, -0.1) is 0 Å². The molecule has 0 aromatic rings. The SMILES string of the molecule is CCC(Br)=C(Br)Br. The fourth-order valence-electron chi connectivity index (χ4n) is 0.134. The number of rotatable bonds is 1. The van der Waals surface area contributed by atoms with Crippen molar-refractivity contribution in [3.05, 3.63) is 7.87 Å². The molecule has 7 heavy (non-hydrogen) atoms. The van der Waals surface area contributed by atoms with Crippen LogP contribution in [-0.2, 0) is 0 Å². The van der Waals surface area contributed by atoms with E-state index in [-0.39, 0.29) is 0 Å². The topological polar surface area (TPSA) is 0 Å². The summed E-state index contributed by atoms with van der Waals surface area (Å²) in [6.45, 7) is 2.08. The second kappa shape index (κ2) is 4.10. The lowest BCUT2D eigenvalue weighted by Crippen LogP contribution is -1.61. The Labute approximate surface area is 68.7 Å². The lowest BCUT2D eigenvalue weighted by Gasteiger charge is -1.88. The zero-order chi connectivity index (χ0) is 5.86. The highest BCUT2D eigenvalue weighted by atomic mass is 79.9. The number of halogens is 3. The predicted molar refractivity (Wildman–Crippen MR) is 44.1 cm³/mol. The summed E-state index contributed by atoms with van der Waals surface area (Å²) in [6, 6.07) is 0. The highest BCUT2D eigenvalue weighted by Gasteiger charge is 1.89. The highest BCUT2D eigenvalue weighted by molar-refractivity contribution is 9.29. The summed E-state index contributed by atoms with van der Waals surface area (Å²) in [6.07, 6.45) is 1.02. The van der Waals surface area contributed by atoms with Crippen molar-refractivity contribution in [2.45, 2.75) is 13.3 Å². The molecule has 0 aliphatic heterocycles. The van der Waals surface area contributed by atoms with Gasteiger partial charge in [-0.05, 0) is 38.3 Å². The van der Waals surface area contributed by atoms with Crippen LogP contribution in [0.3, 0.4) is 0 Å². The molecule has 0 saturated carbocycles. The van der Waals surface area contributed by atoms with Gasteiger partial charge in [-0.25, -0.2) is 0 Å². The van der Waals surface area contributed by atoms with Crippen molar-refractivity contribution in [2.75, 3.05) is 0 Å². The van der Waals surface area contributed by atoms with E-state index in [1.165, 1.54) is 0 Å². The third kappa shape index (κ3) is 3.74. The molecule has 0 bridgehead atoms. The van der Waals surface area contributed by atoms with E-state index >= 15 is 0 Å². The molecule has 0 nitrogen and oxygen atoms in total. The van der Waals surface area contributed by atoms with Crippen molar-refractivity contribution in [2.24, 2.45) is 0 Å². The van der Waals surface area contributed by atoms with Gasteiger partial charge in [0.2, 0.25) is 0 Å². The number of allylic oxidation sites excluding steroid dienone is 1. The zero-order valence-electron chi connectivity index (χ0n) is 3.84. The van der Waals surface area contributed by atoms with Crippen molar-refractivity contribution < 1.29 is 0 Å². The molecule has 0 atom stereocenters. The molecule has 0 heterocycles. The minimum absolute atomic E-state index is 1.00. The predicted octanol–water partition coefficient (Wildman–Crippen LogP) is 3.75. The first kappa shape index (κ1) is 8.18. The first-order chi connectivity index (χ1) is 3.18. The zero-order valence-corrected chi connectivity index (χ0v) is 8.60. The average molecular weight is 293 g/mol. The van der Waals surface area contributed by atoms with Gasteiger partial charge < -0.3 is 0 Å². The minimum Gasteiger partial charge on any atom is -0.0607 e. The van der Waals surface area contributed by atoms with Crippen LogP contribution < -0.4 is 0 Å². The van der Waals surface area contributed by atoms with E-state index in [1.807, 2.05) is 0 Å². The fourth-order valence-corrected chi connectivity index (χ4v) is 0.694. The Balaban J connectivity index is 3.72. The Bertz CT molecular complexity index is 80.9. The van der Waals surface area contributed by atoms with E-state index in [9.17, 15) is 0 Å². The van der Waals surface area contributed by atoms with Gasteiger partial charge >= 0.3 is 0 Å². The molecule has 0 aromatic carbocycles. The standard InChI is InChI=1S/C4H5Br3/c1-2-3(5)4(6)7/h2H2,1H3. The molecule has 0 aliphatic carbocycles. The van der Waals surface area contributed by atoms with Crippen LogP contribution in [0.1, 0.15) is 13.3 Å². The molecule has 0 amide bonds. The van der Waals surface area contributed by atoms with Gasteiger partial charge in [0.1, 0.15) is 0 Å². The van der Waals surface area contributed by atoms with Crippen molar-refractivity contribution in [1.82, 2.24) is 0 Å². The maximum Gasteiger partial charge on any atom is 0.0705 e. The van der Waals surface area contributed by atoms with E-state index in [0.717, 1.165) is 14.3 Å². The van der Waals surface area contributed by atoms with Crippen LogP contribution in [0.5, 0.6) is 0 Å². The Kier molecular flexibility index (Phi) is 4.79. The van der Waals surface area contributed by atoms with Crippen LogP contribution in [0, 0.1) is 0 Å². The summed E-state index contributed by atoms with van der Waals surface area (Å²) >= 11 is 9.83. The highest BCUT2D eigenvalue weighted by Crippen LogP contribution is 2.25. The van der Waals surface area contributed by atoms with Crippen LogP contribution in [0.15, 0.2) is 7.87 Å². The van der Waals surface area contributed by atoms with Gasteiger partial charge in [-0.3, -0.25) is 0 Å². The van der Waals surface area contributed by atoms with E-state index < -0.39 is 0 Å². The molecule has 3 heteroatoms. The Morgan fingerprint density at radius 3 is 1.71 bits per heavy atom. The van der Waals surface area contributed by atoms with Crippen LogP contribution >= 0.6 is 47.8 Å². The summed E-state index contributed by atoms with van der Waals surface area (Å²) in [4.78, 5) is 0. The second-order valence-corrected chi connectivity index (χ2v) is 4.63. The molecule has 0 saturated heterocycles. The molecular formula is C4H5Br3. The summed E-state index contributed by atoms with van der Waals surface area (Å²) in [5, 5.41) is 0. The third-order valence-electron chi connectivity index (χ3n) is 0.515. The molecule has 42 valence electrons. The molecule has 0 unspecified atom stereocenters. The lowest BCUT2D eigenvalue weighted by atomic mass is 10.5. The first-order valence-corrected chi connectivity index (χ1v) is 4.26. The summed E-state index contributed by atoms with van der Waals surface area (Å²) in [5.41, 5.74) is 0. The lowest BCUT2D eigenvalue weighted by molar-refractivity contribution is 1.21. The maximum atomic E-state index is 3.33. The molecule has 0 radical (unpaired) electrons. The molecule has 0 rings (SSSR count). The van der Waals surface area contributed by atoms with E-state index in [4.69, 9.17) is 0 Å². The van der Waals surface area contributed by atoms with Gasteiger partial charge in [-0.2, -0.15) is 0 Å². The largest absolute Gasteiger partial charge is 0.0705 e. The molecule has 0 fully saturated rings. The Morgan fingerprint density at radius 2 is 1.71 bits per heavy atom. The van der Waals surface area contributed by atoms with Crippen molar-refractivity contribution in [3.8, 4) is 0 Å². The van der Waals surface area contributed by atoms with Crippen LogP contribution in [0.4, 0.5) is 0 Å². The van der Waals surface area contributed by atoms with Crippen LogP contribution in [-0.4, -0.2) is 0 Å². The Morgan fingerprint density at radius 1 is 1.29 bits per heavy atom.